The average molecular weight is 173 g/mol. The van der Waals surface area contributed by atoms with Crippen molar-refractivity contribution in [2.45, 2.75) is 13.0 Å². The Hall–Kier alpha value is -1.79. The zero-order valence-electron chi connectivity index (χ0n) is 6.20. The smallest absolute Gasteiger partial charge is 0.434 e. The van der Waals surface area contributed by atoms with Gasteiger partial charge in [0.05, 0.1) is 0 Å². The van der Waals surface area contributed by atoms with Gasteiger partial charge in [-0.25, -0.2) is 14.7 Å². The first-order valence-corrected chi connectivity index (χ1v) is 3.14. The highest BCUT2D eigenvalue weighted by Gasteiger charge is 2.13. The van der Waals surface area contributed by atoms with E-state index in [-0.39, 0.29) is 5.89 Å². The summed E-state index contributed by atoms with van der Waals surface area (Å²) in [7, 11) is 0. The van der Waals surface area contributed by atoms with E-state index in [1.807, 2.05) is 5.10 Å². The molecular formula is C5H7N3O4. The number of nitrogens with one attached hydrogen (secondary N) is 2. The van der Waals surface area contributed by atoms with Crippen molar-refractivity contribution < 1.29 is 14.3 Å². The molecule has 12 heavy (non-hydrogen) atoms. The van der Waals surface area contributed by atoms with Gasteiger partial charge in [-0.15, -0.1) is 5.10 Å². The summed E-state index contributed by atoms with van der Waals surface area (Å²) in [6.45, 7) is 1.51. The van der Waals surface area contributed by atoms with E-state index in [4.69, 9.17) is 5.11 Å². The van der Waals surface area contributed by atoms with E-state index in [1.165, 1.54) is 6.92 Å². The summed E-state index contributed by atoms with van der Waals surface area (Å²) in [5.41, 5.74) is 0. The Labute approximate surface area is 66.4 Å². The van der Waals surface area contributed by atoms with Gasteiger partial charge in [0, 0.05) is 0 Å². The van der Waals surface area contributed by atoms with Gasteiger partial charge in [-0.1, -0.05) is 0 Å². The summed E-state index contributed by atoms with van der Waals surface area (Å²) in [5.74, 6) is -0.688. The van der Waals surface area contributed by atoms with Crippen LogP contribution in [-0.2, 0) is 0 Å². The van der Waals surface area contributed by atoms with Gasteiger partial charge in [-0.2, -0.15) is 0 Å². The third kappa shape index (κ3) is 1.84. The molecule has 1 atom stereocenters. The minimum absolute atomic E-state index is 0.0161. The third-order valence-corrected chi connectivity index (χ3v) is 1.17. The number of carbonyl (C=O) groups is 1. The van der Waals surface area contributed by atoms with Crippen LogP contribution in [0.25, 0.3) is 0 Å². The predicted molar refractivity (Wildman–Crippen MR) is 36.7 cm³/mol. The maximum absolute atomic E-state index is 10.4. The van der Waals surface area contributed by atoms with Crippen molar-refractivity contribution >= 4 is 6.09 Å². The molecule has 7 heteroatoms. The quantitative estimate of drug-likeness (QED) is 0.568. The second-order valence-electron chi connectivity index (χ2n) is 2.12. The lowest BCUT2D eigenvalue weighted by Gasteiger charge is -2.04. The van der Waals surface area contributed by atoms with E-state index in [0.717, 1.165) is 0 Å². The van der Waals surface area contributed by atoms with Crippen LogP contribution in [-0.4, -0.2) is 21.4 Å². The number of carboxylic acid groups (broad SMARTS) is 1. The Kier molecular flexibility index (Phi) is 2.13. The Balaban J connectivity index is 2.71. The van der Waals surface area contributed by atoms with Crippen molar-refractivity contribution in [3.8, 4) is 0 Å². The van der Waals surface area contributed by atoms with Crippen LogP contribution in [0.5, 0.6) is 0 Å². The fourth-order valence-corrected chi connectivity index (χ4v) is 0.674. The lowest BCUT2D eigenvalue weighted by Crippen LogP contribution is -2.24. The number of aromatic amines is 1. The molecule has 1 amide bonds. The topological polar surface area (TPSA) is 108 Å². The molecule has 0 bridgehead atoms. The molecule has 0 aliphatic carbocycles. The fraction of sp³-hybridized carbons (Fsp3) is 0.400. The van der Waals surface area contributed by atoms with Crippen LogP contribution in [0, 0.1) is 0 Å². The molecule has 0 saturated carbocycles. The van der Waals surface area contributed by atoms with Crippen LogP contribution in [0.15, 0.2) is 9.21 Å². The van der Waals surface area contributed by atoms with Crippen LogP contribution in [0.2, 0.25) is 0 Å². The van der Waals surface area contributed by atoms with Crippen LogP contribution < -0.4 is 11.1 Å². The molecular weight excluding hydrogens is 166 g/mol. The van der Waals surface area contributed by atoms with Crippen LogP contribution in [0.4, 0.5) is 4.79 Å². The van der Waals surface area contributed by atoms with Gasteiger partial charge >= 0.3 is 11.8 Å². The van der Waals surface area contributed by atoms with Gasteiger partial charge < -0.3 is 14.8 Å². The molecule has 66 valence electrons. The van der Waals surface area contributed by atoms with E-state index in [9.17, 15) is 9.59 Å². The lowest BCUT2D eigenvalue weighted by molar-refractivity contribution is 0.188. The summed E-state index contributed by atoms with van der Waals surface area (Å²) in [6, 6.07) is -0.638. The zero-order chi connectivity index (χ0) is 9.14. The van der Waals surface area contributed by atoms with Crippen molar-refractivity contribution in [2.75, 3.05) is 0 Å². The van der Waals surface area contributed by atoms with Crippen molar-refractivity contribution in [1.29, 1.82) is 0 Å². The molecule has 0 aliphatic rings. The van der Waals surface area contributed by atoms with Crippen LogP contribution in [0.3, 0.4) is 0 Å². The molecule has 3 N–H and O–H groups in total. The highest BCUT2D eigenvalue weighted by atomic mass is 16.4. The molecule has 1 heterocycles. The van der Waals surface area contributed by atoms with E-state index in [1.54, 1.807) is 0 Å². The summed E-state index contributed by atoms with van der Waals surface area (Å²) in [4.78, 5) is 20.5. The Morgan fingerprint density at radius 2 is 2.50 bits per heavy atom. The fourth-order valence-electron chi connectivity index (χ4n) is 0.674. The minimum Gasteiger partial charge on any atom is -0.465 e. The molecule has 0 aliphatic heterocycles. The third-order valence-electron chi connectivity index (χ3n) is 1.17. The van der Waals surface area contributed by atoms with Gasteiger partial charge in [0.2, 0.25) is 5.89 Å². The van der Waals surface area contributed by atoms with Crippen molar-refractivity contribution in [3.05, 3.63) is 16.4 Å². The molecule has 0 saturated heterocycles. The maximum Gasteiger partial charge on any atom is 0.434 e. The number of hydrogen-bond acceptors (Lipinski definition) is 4. The van der Waals surface area contributed by atoms with Crippen LogP contribution >= 0.6 is 0 Å². The second-order valence-corrected chi connectivity index (χ2v) is 2.12. The lowest BCUT2D eigenvalue weighted by atomic mass is 10.3. The number of amides is 1. The largest absolute Gasteiger partial charge is 0.465 e. The minimum atomic E-state index is -1.20. The first kappa shape index (κ1) is 8.31. The number of rotatable bonds is 2. The molecule has 0 unspecified atom stereocenters. The van der Waals surface area contributed by atoms with Gasteiger partial charge in [-0.05, 0) is 6.92 Å². The Morgan fingerprint density at radius 1 is 1.83 bits per heavy atom. The summed E-state index contributed by atoms with van der Waals surface area (Å²) < 4.78 is 4.50. The molecule has 1 aromatic rings. The van der Waals surface area contributed by atoms with Gasteiger partial charge in [0.1, 0.15) is 6.04 Å². The zero-order valence-corrected chi connectivity index (χ0v) is 6.20. The van der Waals surface area contributed by atoms with Crippen molar-refractivity contribution in [3.63, 3.8) is 0 Å². The van der Waals surface area contributed by atoms with Gasteiger partial charge in [0.15, 0.2) is 0 Å². The molecule has 0 spiro atoms. The number of hydrogen-bond donors (Lipinski definition) is 3. The molecule has 0 aromatic carbocycles. The highest BCUT2D eigenvalue weighted by molar-refractivity contribution is 5.64. The Bertz CT molecular complexity index is 327. The summed E-state index contributed by atoms with van der Waals surface area (Å²) >= 11 is 0. The van der Waals surface area contributed by atoms with Crippen molar-refractivity contribution in [2.24, 2.45) is 0 Å². The second kappa shape index (κ2) is 3.07. The number of aromatic nitrogens is 2. The Morgan fingerprint density at radius 3 is 2.92 bits per heavy atom. The summed E-state index contributed by atoms with van der Waals surface area (Å²) in [5, 5.41) is 15.8. The molecule has 0 radical (unpaired) electrons. The summed E-state index contributed by atoms with van der Waals surface area (Å²) in [6.07, 6.45) is -1.20. The van der Waals surface area contributed by atoms with Gasteiger partial charge in [0.25, 0.3) is 0 Å². The normalized spacial score (nSPS) is 12.4. The first-order valence-electron chi connectivity index (χ1n) is 3.14. The SMILES string of the molecule is C[C@@H](NC(=O)O)c1n[nH]c(=O)o1. The van der Waals surface area contributed by atoms with E-state index < -0.39 is 17.9 Å². The van der Waals surface area contributed by atoms with E-state index >= 15 is 0 Å². The molecule has 1 rings (SSSR count). The monoisotopic (exact) mass is 173 g/mol. The molecule has 0 fully saturated rings. The number of H-pyrrole nitrogens is 1. The average Bonchev–Trinajstić information content (AvgIpc) is 2.34. The first-order chi connectivity index (χ1) is 5.59. The van der Waals surface area contributed by atoms with Crippen LogP contribution in [0.1, 0.15) is 18.9 Å². The molecule has 7 nitrogen and oxygen atoms in total. The van der Waals surface area contributed by atoms with E-state index in [0.29, 0.717) is 0 Å². The highest BCUT2D eigenvalue weighted by Crippen LogP contribution is 2.04. The molecule has 1 aromatic heterocycles. The number of nitrogens with zero attached hydrogens (tertiary/aromatic N) is 1. The maximum atomic E-state index is 10.4. The van der Waals surface area contributed by atoms with Crippen molar-refractivity contribution in [1.82, 2.24) is 15.5 Å². The van der Waals surface area contributed by atoms with E-state index in [2.05, 4.69) is 14.8 Å². The van der Waals surface area contributed by atoms with Gasteiger partial charge in [-0.3, -0.25) is 0 Å². The standard InChI is InChI=1S/C5H7N3O4/c1-2(6-4(9)10)3-7-8-5(11)12-3/h2,6H,1H3,(H,8,11)(H,9,10)/t2-/m1/s1. The predicted octanol–water partition coefficient (Wildman–Crippen LogP) is -0.308.